The van der Waals surface area contributed by atoms with Gasteiger partial charge in [-0.1, -0.05) is 0 Å². The molecule has 19 heavy (non-hydrogen) atoms. The molecule has 2 atom stereocenters. The topological polar surface area (TPSA) is 97.5 Å². The van der Waals surface area contributed by atoms with E-state index in [-0.39, 0.29) is 18.1 Å². The molecule has 2 unspecified atom stereocenters. The molecule has 2 rings (SSSR count). The number of nitrogens with two attached hydrogens (primary N) is 1. The molecule has 2 saturated heterocycles. The first-order valence-corrected chi connectivity index (χ1v) is 11.1. The van der Waals surface area contributed by atoms with E-state index in [0.29, 0.717) is 18.7 Å². The molecule has 0 saturated carbocycles. The average Bonchev–Trinajstić information content (AvgIpc) is 2.65. The minimum Gasteiger partial charge on any atom is -0.329 e. The lowest BCUT2D eigenvalue weighted by Crippen LogP contribution is -2.63. The van der Waals surface area contributed by atoms with Crippen molar-refractivity contribution in [3.05, 3.63) is 0 Å². The van der Waals surface area contributed by atoms with Crippen LogP contribution in [0.2, 0.25) is 0 Å². The molecule has 2 N–H and O–H groups in total. The summed E-state index contributed by atoms with van der Waals surface area (Å²) >= 11 is 1.59. The van der Waals surface area contributed by atoms with Crippen molar-refractivity contribution >= 4 is 31.4 Å². The van der Waals surface area contributed by atoms with Crippen LogP contribution in [0.4, 0.5) is 0 Å². The zero-order chi connectivity index (χ0) is 14.3. The Bertz CT molecular complexity index is 545. The Labute approximate surface area is 118 Å². The number of nitrogens with zero attached hydrogens (tertiary/aromatic N) is 1. The fourth-order valence-corrected chi connectivity index (χ4v) is 7.91. The fraction of sp³-hybridized carbons (Fsp3) is 1.00. The Balaban J connectivity index is 2.36. The molecule has 0 amide bonds. The van der Waals surface area contributed by atoms with E-state index in [1.807, 2.05) is 4.90 Å². The third-order valence-electron chi connectivity index (χ3n) is 3.94. The van der Waals surface area contributed by atoms with Crippen LogP contribution < -0.4 is 5.73 Å². The van der Waals surface area contributed by atoms with Crippen LogP contribution in [0.3, 0.4) is 0 Å². The molecule has 2 aliphatic heterocycles. The van der Waals surface area contributed by atoms with E-state index < -0.39 is 30.6 Å². The summed E-state index contributed by atoms with van der Waals surface area (Å²) in [5.74, 6) is 1.38. The standard InChI is InChI=1S/C10H20N2O4S3/c1-18(13,14)9-6-17-4-3-12(9)10(7-11)2-5-19(15,16)8-10/h9H,2-8,11H2,1H3. The first-order chi connectivity index (χ1) is 8.70. The molecule has 0 aromatic carbocycles. The second kappa shape index (κ2) is 5.18. The minimum absolute atomic E-state index is 0.0206. The zero-order valence-electron chi connectivity index (χ0n) is 10.9. The van der Waals surface area contributed by atoms with Crippen molar-refractivity contribution < 1.29 is 16.8 Å². The van der Waals surface area contributed by atoms with Crippen molar-refractivity contribution in [2.45, 2.75) is 17.3 Å². The first-order valence-electron chi connectivity index (χ1n) is 6.14. The monoisotopic (exact) mass is 328 g/mol. The summed E-state index contributed by atoms with van der Waals surface area (Å²) in [7, 11) is -6.35. The van der Waals surface area contributed by atoms with Gasteiger partial charge in [-0.3, -0.25) is 4.90 Å². The molecular formula is C10H20N2O4S3. The maximum Gasteiger partial charge on any atom is 0.164 e. The lowest BCUT2D eigenvalue weighted by molar-refractivity contribution is 0.112. The van der Waals surface area contributed by atoms with E-state index in [1.54, 1.807) is 11.8 Å². The molecule has 2 fully saturated rings. The average molecular weight is 328 g/mol. The molecule has 6 nitrogen and oxygen atoms in total. The van der Waals surface area contributed by atoms with Crippen molar-refractivity contribution in [2.24, 2.45) is 5.73 Å². The quantitative estimate of drug-likeness (QED) is 0.704. The molecule has 0 spiro atoms. The summed E-state index contributed by atoms with van der Waals surface area (Å²) < 4.78 is 47.4. The second-order valence-corrected chi connectivity index (χ2v) is 10.9. The highest BCUT2D eigenvalue weighted by atomic mass is 32.2. The summed E-state index contributed by atoms with van der Waals surface area (Å²) in [4.78, 5) is 1.84. The van der Waals surface area contributed by atoms with Gasteiger partial charge in [-0.05, 0) is 6.42 Å². The van der Waals surface area contributed by atoms with Crippen LogP contribution in [0.5, 0.6) is 0 Å². The van der Waals surface area contributed by atoms with Crippen LogP contribution in [0.15, 0.2) is 0 Å². The Morgan fingerprint density at radius 3 is 2.63 bits per heavy atom. The van der Waals surface area contributed by atoms with Gasteiger partial charge in [0.25, 0.3) is 0 Å². The van der Waals surface area contributed by atoms with Gasteiger partial charge in [0.1, 0.15) is 5.37 Å². The van der Waals surface area contributed by atoms with E-state index in [9.17, 15) is 16.8 Å². The smallest absolute Gasteiger partial charge is 0.164 e. The van der Waals surface area contributed by atoms with Crippen LogP contribution in [0.25, 0.3) is 0 Å². The van der Waals surface area contributed by atoms with E-state index in [2.05, 4.69) is 0 Å². The predicted octanol–water partition coefficient (Wildman–Crippen LogP) is -1.08. The summed E-state index contributed by atoms with van der Waals surface area (Å²) in [5, 5.41) is -0.622. The summed E-state index contributed by atoms with van der Waals surface area (Å²) in [6.45, 7) is 0.762. The van der Waals surface area contributed by atoms with Crippen molar-refractivity contribution in [1.82, 2.24) is 4.90 Å². The summed E-state index contributed by atoms with van der Waals surface area (Å²) in [5.41, 5.74) is 5.12. The molecule has 0 aromatic rings. The van der Waals surface area contributed by atoms with E-state index in [4.69, 9.17) is 5.73 Å². The van der Waals surface area contributed by atoms with Gasteiger partial charge in [0.2, 0.25) is 0 Å². The van der Waals surface area contributed by atoms with Crippen molar-refractivity contribution in [3.8, 4) is 0 Å². The number of rotatable bonds is 3. The van der Waals surface area contributed by atoms with Crippen LogP contribution in [0.1, 0.15) is 6.42 Å². The maximum atomic E-state index is 11.9. The van der Waals surface area contributed by atoms with Gasteiger partial charge in [0.15, 0.2) is 19.7 Å². The van der Waals surface area contributed by atoms with Crippen LogP contribution in [-0.2, 0) is 19.7 Å². The molecule has 0 bridgehead atoms. The van der Waals surface area contributed by atoms with E-state index in [1.165, 1.54) is 6.26 Å². The Morgan fingerprint density at radius 2 is 2.16 bits per heavy atom. The molecule has 2 aliphatic rings. The third-order valence-corrected chi connectivity index (χ3v) is 8.38. The SMILES string of the molecule is CS(=O)(=O)C1CSCCN1C1(CN)CCS(=O)(=O)C1. The Hall–Kier alpha value is 0.170. The molecule has 2 heterocycles. The molecule has 0 radical (unpaired) electrons. The van der Waals surface area contributed by atoms with E-state index in [0.717, 1.165) is 5.75 Å². The third kappa shape index (κ3) is 3.10. The number of sulfone groups is 2. The van der Waals surface area contributed by atoms with Crippen LogP contribution in [0, 0.1) is 0 Å². The molecule has 0 aromatic heterocycles. The summed E-state index contributed by atoms with van der Waals surface area (Å²) in [6, 6.07) is 0. The van der Waals surface area contributed by atoms with Gasteiger partial charge in [0.05, 0.1) is 11.5 Å². The number of thioether (sulfide) groups is 1. The fourth-order valence-electron chi connectivity index (χ4n) is 2.88. The van der Waals surface area contributed by atoms with Gasteiger partial charge < -0.3 is 5.73 Å². The van der Waals surface area contributed by atoms with Crippen molar-refractivity contribution in [3.63, 3.8) is 0 Å². The Kier molecular flexibility index (Phi) is 4.24. The van der Waals surface area contributed by atoms with Crippen LogP contribution in [-0.4, -0.2) is 75.0 Å². The molecular weight excluding hydrogens is 308 g/mol. The number of hydrogen-bond acceptors (Lipinski definition) is 7. The highest BCUT2D eigenvalue weighted by Gasteiger charge is 2.50. The van der Waals surface area contributed by atoms with Crippen LogP contribution >= 0.6 is 11.8 Å². The normalized spacial score (nSPS) is 36.4. The molecule has 0 aliphatic carbocycles. The second-order valence-electron chi connectivity index (χ2n) is 5.32. The lowest BCUT2D eigenvalue weighted by atomic mass is 9.96. The highest BCUT2D eigenvalue weighted by Crippen LogP contribution is 2.35. The van der Waals surface area contributed by atoms with E-state index >= 15 is 0 Å². The number of hydrogen-bond donors (Lipinski definition) is 1. The molecule has 9 heteroatoms. The van der Waals surface area contributed by atoms with Gasteiger partial charge in [-0.2, -0.15) is 11.8 Å². The highest BCUT2D eigenvalue weighted by molar-refractivity contribution is 8.00. The van der Waals surface area contributed by atoms with Crippen molar-refractivity contribution in [1.29, 1.82) is 0 Å². The Morgan fingerprint density at radius 1 is 1.47 bits per heavy atom. The van der Waals surface area contributed by atoms with Gasteiger partial charge in [0, 0.05) is 36.4 Å². The minimum atomic E-state index is -3.24. The summed E-state index contributed by atoms with van der Waals surface area (Å²) in [6.07, 6.45) is 1.65. The maximum absolute atomic E-state index is 11.9. The van der Waals surface area contributed by atoms with Crippen molar-refractivity contribution in [2.75, 3.05) is 42.4 Å². The zero-order valence-corrected chi connectivity index (χ0v) is 13.4. The first kappa shape index (κ1) is 15.6. The largest absolute Gasteiger partial charge is 0.329 e. The van der Waals surface area contributed by atoms with Gasteiger partial charge in [-0.25, -0.2) is 16.8 Å². The predicted molar refractivity (Wildman–Crippen MR) is 77.7 cm³/mol. The molecule has 112 valence electrons. The van der Waals surface area contributed by atoms with Gasteiger partial charge >= 0.3 is 0 Å². The lowest BCUT2D eigenvalue weighted by Gasteiger charge is -2.45. The van der Waals surface area contributed by atoms with Gasteiger partial charge in [-0.15, -0.1) is 0 Å².